The summed E-state index contributed by atoms with van der Waals surface area (Å²) in [7, 11) is -4.42. The van der Waals surface area contributed by atoms with Crippen LogP contribution in [0.2, 0.25) is 0 Å². The fraction of sp³-hybridized carbons (Fsp3) is 0.800. The molecule has 3 aliphatic rings. The Morgan fingerprint density at radius 3 is 2.49 bits per heavy atom. The molecule has 0 bridgehead atoms. The van der Waals surface area contributed by atoms with E-state index in [4.69, 9.17) is 28.0 Å². The van der Waals surface area contributed by atoms with Gasteiger partial charge in [-0.2, -0.15) is 0 Å². The van der Waals surface area contributed by atoms with E-state index < -0.39 is 85.1 Å². The van der Waals surface area contributed by atoms with Crippen molar-refractivity contribution in [3.63, 3.8) is 0 Å². The molecule has 14 nitrogen and oxygen atoms in total. The number of halogens is 1. The zero-order chi connectivity index (χ0) is 34.8. The largest absolute Gasteiger partial charge is 0.462 e. The lowest BCUT2D eigenvalue weighted by atomic mass is 9.88. The first-order valence-electron chi connectivity index (χ1n) is 15.9. The molecule has 1 aliphatic carbocycles. The quantitative estimate of drug-likeness (QED) is 0.152. The Morgan fingerprint density at radius 2 is 1.89 bits per heavy atom. The lowest BCUT2D eigenvalue weighted by Gasteiger charge is -2.34. The number of hydrogen-bond acceptors (Lipinski definition) is 12. The number of esters is 1. The van der Waals surface area contributed by atoms with Gasteiger partial charge < -0.3 is 18.9 Å². The van der Waals surface area contributed by atoms with Crippen molar-refractivity contribution in [1.29, 1.82) is 0 Å². The third-order valence-corrected chi connectivity index (χ3v) is 11.7. The first kappa shape index (κ1) is 37.9. The van der Waals surface area contributed by atoms with Crippen LogP contribution in [0.3, 0.4) is 0 Å². The standard InChI is InChI=1S/C30H47FN3O11PS/c1-8-27(5,6)25(37)47-16-15-40-46(39,33-20(4)22(36)42-19(2)3)41-18-29(17-31)23-28(7,45-30(43-23)12-9-10-13-30)24(44-29)34-14-11-21(35)32-26(34)38/h11,14,19-20,23-24H,8-10,12-13,15-18H2,1-7H3,(H,33,39)(H,32,35,38)/t20-,23-,24+,28+,29+,46?/m0/s1. The number of carbonyl (C=O) groups is 2. The summed E-state index contributed by atoms with van der Waals surface area (Å²) >= 11 is 1.01. The maximum Gasteiger partial charge on any atom is 0.406 e. The lowest BCUT2D eigenvalue weighted by molar-refractivity contribution is -0.252. The highest BCUT2D eigenvalue weighted by Crippen LogP contribution is 2.59. The number of aromatic amines is 1. The Bertz CT molecular complexity index is 1460. The molecule has 2 aliphatic heterocycles. The van der Waals surface area contributed by atoms with E-state index in [1.54, 1.807) is 20.8 Å². The van der Waals surface area contributed by atoms with Gasteiger partial charge in [-0.05, 0) is 47.0 Å². The van der Waals surface area contributed by atoms with Crippen LogP contribution in [0.25, 0.3) is 0 Å². The topological polar surface area (TPSA) is 173 Å². The third kappa shape index (κ3) is 8.12. The molecule has 3 heterocycles. The summed E-state index contributed by atoms with van der Waals surface area (Å²) in [5.41, 5.74) is -5.39. The summed E-state index contributed by atoms with van der Waals surface area (Å²) in [6.45, 7) is 9.80. The van der Waals surface area contributed by atoms with E-state index in [1.807, 2.05) is 20.8 Å². The van der Waals surface area contributed by atoms with E-state index in [0.717, 1.165) is 35.2 Å². The van der Waals surface area contributed by atoms with Crippen LogP contribution in [-0.2, 0) is 42.1 Å². The number of nitrogens with one attached hydrogen (secondary N) is 2. The molecule has 0 aromatic carbocycles. The molecular formula is C30H47FN3O11PS. The molecule has 17 heteroatoms. The lowest BCUT2D eigenvalue weighted by Crippen LogP contribution is -2.52. The zero-order valence-corrected chi connectivity index (χ0v) is 29.7. The molecular weight excluding hydrogens is 660 g/mol. The van der Waals surface area contributed by atoms with Gasteiger partial charge in [0.15, 0.2) is 22.7 Å². The first-order chi connectivity index (χ1) is 21.9. The number of H-pyrrole nitrogens is 1. The van der Waals surface area contributed by atoms with Crippen LogP contribution in [0.5, 0.6) is 0 Å². The van der Waals surface area contributed by atoms with Crippen molar-refractivity contribution < 1.29 is 46.5 Å². The summed E-state index contributed by atoms with van der Waals surface area (Å²) in [5.74, 6) is -1.65. The van der Waals surface area contributed by atoms with Crippen LogP contribution in [-0.4, -0.2) is 81.5 Å². The molecule has 0 radical (unpaired) electrons. The molecule has 1 saturated carbocycles. The van der Waals surface area contributed by atoms with Crippen molar-refractivity contribution in [2.24, 2.45) is 5.41 Å². The molecule has 1 unspecified atom stereocenters. The van der Waals surface area contributed by atoms with Crippen LogP contribution >= 0.6 is 19.5 Å². The van der Waals surface area contributed by atoms with Gasteiger partial charge >= 0.3 is 19.4 Å². The molecule has 1 aromatic heterocycles. The van der Waals surface area contributed by atoms with Crippen LogP contribution < -0.4 is 16.3 Å². The van der Waals surface area contributed by atoms with Gasteiger partial charge in [0.05, 0.1) is 19.3 Å². The number of rotatable bonds is 15. The average Bonchev–Trinajstić information content (AvgIpc) is 3.65. The van der Waals surface area contributed by atoms with Crippen LogP contribution in [0.4, 0.5) is 4.39 Å². The van der Waals surface area contributed by atoms with E-state index >= 15 is 4.39 Å². The minimum absolute atomic E-state index is 0.0704. The number of fused-ring (bicyclic) bond motifs is 1. The van der Waals surface area contributed by atoms with Gasteiger partial charge in [-0.15, -0.1) is 0 Å². The fourth-order valence-corrected chi connectivity index (χ4v) is 8.45. The highest BCUT2D eigenvalue weighted by Gasteiger charge is 2.72. The Hall–Kier alpha value is -1.91. The molecule has 266 valence electrons. The maximum atomic E-state index is 15.4. The second kappa shape index (κ2) is 14.5. The number of ether oxygens (including phenoxy) is 4. The van der Waals surface area contributed by atoms with E-state index in [9.17, 15) is 23.7 Å². The highest BCUT2D eigenvalue weighted by atomic mass is 32.2. The molecule has 47 heavy (non-hydrogen) atoms. The Labute approximate surface area is 277 Å². The van der Waals surface area contributed by atoms with Crippen molar-refractivity contribution in [1.82, 2.24) is 14.6 Å². The number of carbonyl (C=O) groups excluding carboxylic acids is 2. The third-order valence-electron chi connectivity index (χ3n) is 8.82. The smallest absolute Gasteiger partial charge is 0.406 e. The van der Waals surface area contributed by atoms with Gasteiger partial charge in [-0.3, -0.25) is 33.0 Å². The fourth-order valence-electron chi connectivity index (χ4n) is 5.91. The summed E-state index contributed by atoms with van der Waals surface area (Å²) in [6.07, 6.45) is 1.65. The van der Waals surface area contributed by atoms with Crippen LogP contribution in [0, 0.1) is 5.41 Å². The molecule has 3 fully saturated rings. The normalized spacial score (nSPS) is 28.8. The van der Waals surface area contributed by atoms with Crippen LogP contribution in [0.15, 0.2) is 21.9 Å². The summed E-state index contributed by atoms with van der Waals surface area (Å²) in [6, 6.07) is -0.0302. The minimum Gasteiger partial charge on any atom is -0.462 e. The number of alkyl halides is 1. The van der Waals surface area contributed by atoms with Gasteiger partial charge in [0, 0.05) is 36.3 Å². The minimum atomic E-state index is -4.42. The molecule has 1 spiro atoms. The van der Waals surface area contributed by atoms with Crippen molar-refractivity contribution in [3.8, 4) is 0 Å². The Morgan fingerprint density at radius 1 is 1.21 bits per heavy atom. The number of aromatic nitrogens is 2. The number of thioether (sulfide) groups is 1. The summed E-state index contributed by atoms with van der Waals surface area (Å²) in [5, 5.41) is 2.50. The predicted octanol–water partition coefficient (Wildman–Crippen LogP) is 3.99. The highest BCUT2D eigenvalue weighted by molar-refractivity contribution is 8.13. The molecule has 0 amide bonds. The maximum absolute atomic E-state index is 15.4. The summed E-state index contributed by atoms with van der Waals surface area (Å²) in [4.78, 5) is 52.1. The molecule has 4 rings (SSSR count). The van der Waals surface area contributed by atoms with E-state index in [-0.39, 0.29) is 17.5 Å². The van der Waals surface area contributed by atoms with Crippen molar-refractivity contribution in [2.45, 2.75) is 122 Å². The first-order valence-corrected chi connectivity index (χ1v) is 18.4. The SMILES string of the molecule is CCC(C)(C)C(=O)SCCOP(=O)(N[C@@H](C)C(=O)OC(C)C)OC[C@@]1(CF)O[C@@H](n2ccc(=O)[nH]c2=O)[C@]2(C)OC3(CCCC3)O[C@H]12. The predicted molar refractivity (Wildman–Crippen MR) is 171 cm³/mol. The zero-order valence-electron chi connectivity index (χ0n) is 28.0. The monoisotopic (exact) mass is 707 g/mol. The van der Waals surface area contributed by atoms with Gasteiger partial charge in [0.1, 0.15) is 24.4 Å². The Kier molecular flexibility index (Phi) is 11.7. The molecule has 1 aromatic rings. The Balaban J connectivity index is 1.61. The number of nitrogens with zero attached hydrogens (tertiary/aromatic N) is 1. The second-order valence-electron chi connectivity index (χ2n) is 13.4. The molecule has 2 saturated heterocycles. The van der Waals surface area contributed by atoms with E-state index in [2.05, 4.69) is 10.1 Å². The number of hydrogen-bond donors (Lipinski definition) is 2. The molecule has 6 atom stereocenters. The van der Waals surface area contributed by atoms with E-state index in [0.29, 0.717) is 19.3 Å². The second-order valence-corrected chi connectivity index (χ2v) is 16.2. The van der Waals surface area contributed by atoms with Gasteiger partial charge in [-0.25, -0.2) is 18.8 Å². The van der Waals surface area contributed by atoms with Gasteiger partial charge in [0.2, 0.25) is 0 Å². The van der Waals surface area contributed by atoms with Crippen molar-refractivity contribution >= 4 is 30.6 Å². The van der Waals surface area contributed by atoms with Gasteiger partial charge in [0.25, 0.3) is 5.56 Å². The molecule has 2 N–H and O–H groups in total. The summed E-state index contributed by atoms with van der Waals surface area (Å²) < 4.78 is 66.6. The van der Waals surface area contributed by atoms with Gasteiger partial charge in [-0.1, -0.05) is 32.5 Å². The van der Waals surface area contributed by atoms with Crippen LogP contribution in [0.1, 0.15) is 86.8 Å². The van der Waals surface area contributed by atoms with Crippen molar-refractivity contribution in [2.75, 3.05) is 25.6 Å². The van der Waals surface area contributed by atoms with Crippen molar-refractivity contribution in [3.05, 3.63) is 33.1 Å². The average molecular weight is 708 g/mol. The van der Waals surface area contributed by atoms with E-state index in [1.165, 1.54) is 13.1 Å².